The number of nitrogens with one attached hydrogen (secondary N) is 1. The van der Waals surface area contributed by atoms with Gasteiger partial charge >= 0.3 is 0 Å². The molecule has 0 unspecified atom stereocenters. The molecule has 2 aromatic rings. The number of hydrogen-bond acceptors (Lipinski definition) is 5. The molecule has 0 aliphatic rings. The van der Waals surface area contributed by atoms with Gasteiger partial charge in [0.15, 0.2) is 17.9 Å². The molecule has 13 heteroatoms. The van der Waals surface area contributed by atoms with Crippen molar-refractivity contribution in [3.8, 4) is 0 Å². The molecule has 0 bridgehead atoms. The zero-order chi connectivity index (χ0) is 22.4. The highest BCUT2D eigenvalue weighted by atomic mass is 35.5. The topological polar surface area (TPSA) is 170 Å². The normalized spacial score (nSPS) is 9.23. The van der Waals surface area contributed by atoms with Crippen molar-refractivity contribution in [1.29, 1.82) is 5.41 Å². The molecule has 30 heavy (non-hydrogen) atoms. The van der Waals surface area contributed by atoms with Crippen molar-refractivity contribution in [1.82, 2.24) is 0 Å². The van der Waals surface area contributed by atoms with Gasteiger partial charge in [-0.25, -0.2) is 8.78 Å². The summed E-state index contributed by atoms with van der Waals surface area (Å²) in [6.07, 6.45) is 1.61. The first kappa shape index (κ1) is 29.4. The van der Waals surface area contributed by atoms with Crippen molar-refractivity contribution >= 4 is 59.9 Å². The van der Waals surface area contributed by atoms with E-state index >= 15 is 0 Å². The number of benzene rings is 2. The van der Waals surface area contributed by atoms with Crippen LogP contribution in [0, 0.1) is 17.0 Å². The summed E-state index contributed by atoms with van der Waals surface area (Å²) in [4.78, 5) is 10.1. The van der Waals surface area contributed by atoms with Gasteiger partial charge in [0.25, 0.3) is 0 Å². The van der Waals surface area contributed by atoms with Crippen LogP contribution in [0.4, 0.5) is 8.78 Å². The van der Waals surface area contributed by atoms with Crippen LogP contribution in [0.25, 0.3) is 0 Å². The highest BCUT2D eigenvalue weighted by Crippen LogP contribution is 2.16. The summed E-state index contributed by atoms with van der Waals surface area (Å²) >= 11 is 10.9. The van der Waals surface area contributed by atoms with E-state index in [4.69, 9.17) is 51.5 Å². The minimum Gasteiger partial charge on any atom is -0.387 e. The van der Waals surface area contributed by atoms with Crippen LogP contribution in [-0.4, -0.2) is 30.8 Å². The van der Waals surface area contributed by atoms with Crippen LogP contribution in [0.2, 0.25) is 10.0 Å². The van der Waals surface area contributed by atoms with Crippen LogP contribution in [0.5, 0.6) is 0 Å². The van der Waals surface area contributed by atoms with E-state index in [1.165, 1.54) is 36.5 Å². The second-order valence-corrected chi connectivity index (χ2v) is 5.72. The molecule has 0 aromatic heterocycles. The Balaban J connectivity index is 0. The largest absolute Gasteiger partial charge is 0.387 e. The van der Waals surface area contributed by atoms with Crippen molar-refractivity contribution in [2.45, 2.75) is 0 Å². The fraction of sp³-hybridized carbons (Fsp3) is 0.0588. The molecule has 0 spiro atoms. The molecule has 164 valence electrons. The lowest BCUT2D eigenvalue weighted by molar-refractivity contribution is 0.112. The summed E-state index contributed by atoms with van der Waals surface area (Å²) in [6.45, 7) is 0.167. The molecule has 0 amide bonds. The number of carbonyl (C=O) groups excluding carboxylic acids is 1. The molecule has 0 heterocycles. The van der Waals surface area contributed by atoms with Crippen LogP contribution in [0.1, 0.15) is 15.9 Å². The SMILES string of the molecule is Cl.N=C(N)CN.NC(N)=N/N=C/c1cccc(Cl)c1F.O=Cc1cccc(Cl)c1F. The highest BCUT2D eigenvalue weighted by Gasteiger charge is 2.03. The Kier molecular flexibility index (Phi) is 15.7. The lowest BCUT2D eigenvalue weighted by Crippen LogP contribution is -2.21. The Morgan fingerprint density at radius 1 is 1.00 bits per heavy atom. The third-order valence-electron chi connectivity index (χ3n) is 2.68. The summed E-state index contributed by atoms with van der Waals surface area (Å²) in [5.41, 5.74) is 19.8. The average Bonchev–Trinajstić information content (AvgIpc) is 2.68. The Hall–Kier alpha value is -2.79. The Bertz CT molecular complexity index is 892. The van der Waals surface area contributed by atoms with Crippen molar-refractivity contribution < 1.29 is 13.6 Å². The molecule has 2 rings (SSSR count). The minimum atomic E-state index is -0.654. The van der Waals surface area contributed by atoms with E-state index in [2.05, 4.69) is 10.2 Å². The number of nitrogens with zero attached hydrogens (tertiary/aromatic N) is 2. The monoisotopic (exact) mass is 481 g/mol. The molecular weight excluding hydrogens is 463 g/mol. The molecule has 2 aromatic carbocycles. The number of amidine groups is 1. The number of nitrogens with two attached hydrogens (primary N) is 4. The van der Waals surface area contributed by atoms with E-state index in [9.17, 15) is 13.6 Å². The first-order chi connectivity index (χ1) is 13.6. The molecule has 9 N–H and O–H groups in total. The van der Waals surface area contributed by atoms with Gasteiger partial charge in [0, 0.05) is 5.56 Å². The molecule has 0 aliphatic carbocycles. The summed E-state index contributed by atoms with van der Waals surface area (Å²) in [5.74, 6) is -1.36. The van der Waals surface area contributed by atoms with Crippen molar-refractivity contribution in [2.24, 2.45) is 33.1 Å². The van der Waals surface area contributed by atoms with Gasteiger partial charge in [0.05, 0.1) is 28.4 Å². The Labute approximate surface area is 187 Å². The van der Waals surface area contributed by atoms with E-state index in [0.717, 1.165) is 0 Å². The second-order valence-electron chi connectivity index (χ2n) is 4.90. The van der Waals surface area contributed by atoms with E-state index in [0.29, 0.717) is 6.29 Å². The Morgan fingerprint density at radius 3 is 1.80 bits per heavy atom. The second kappa shape index (κ2) is 16.1. The van der Waals surface area contributed by atoms with Gasteiger partial charge in [-0.3, -0.25) is 10.2 Å². The first-order valence-electron chi connectivity index (χ1n) is 7.62. The molecular formula is C17H20Cl3F2N7O. The number of aldehydes is 1. The third kappa shape index (κ3) is 11.9. The van der Waals surface area contributed by atoms with Crippen molar-refractivity contribution in [2.75, 3.05) is 6.54 Å². The van der Waals surface area contributed by atoms with Crippen LogP contribution >= 0.6 is 35.6 Å². The number of carbonyl (C=O) groups is 1. The van der Waals surface area contributed by atoms with Gasteiger partial charge in [0.2, 0.25) is 5.96 Å². The fourth-order valence-corrected chi connectivity index (χ4v) is 1.75. The highest BCUT2D eigenvalue weighted by molar-refractivity contribution is 6.31. The summed E-state index contributed by atoms with van der Waals surface area (Å²) in [6, 6.07) is 8.83. The number of rotatable bonds is 4. The van der Waals surface area contributed by atoms with E-state index < -0.39 is 11.6 Å². The molecule has 0 saturated carbocycles. The molecule has 0 fully saturated rings. The zero-order valence-electron chi connectivity index (χ0n) is 15.4. The van der Waals surface area contributed by atoms with Crippen LogP contribution in [0.3, 0.4) is 0 Å². The smallest absolute Gasteiger partial charge is 0.211 e. The Morgan fingerprint density at radius 2 is 1.43 bits per heavy atom. The predicted molar refractivity (Wildman–Crippen MR) is 120 cm³/mol. The summed E-state index contributed by atoms with van der Waals surface area (Å²) < 4.78 is 25.8. The van der Waals surface area contributed by atoms with Gasteiger partial charge in [0.1, 0.15) is 5.84 Å². The quantitative estimate of drug-likeness (QED) is 0.195. The standard InChI is InChI=1S/C8H8ClFN4.C7H4ClFO.C2H7N3.ClH/c9-6-3-1-2-5(7(6)10)4-13-14-8(11)12;8-6-3-1-2-5(4-10)7(6)9;3-1-2(4)5;/h1-4H,(H4,11,12,14);1-4H;1,3H2,(H3,4,5);1H/b13-4+;;;. The number of halogens is 5. The maximum absolute atomic E-state index is 13.2. The first-order valence-corrected chi connectivity index (χ1v) is 8.37. The minimum absolute atomic E-state index is 0. The lowest BCUT2D eigenvalue weighted by Gasteiger charge is -1.96. The van der Waals surface area contributed by atoms with E-state index in [-0.39, 0.29) is 51.9 Å². The van der Waals surface area contributed by atoms with Crippen molar-refractivity contribution in [3.05, 3.63) is 69.2 Å². The van der Waals surface area contributed by atoms with Crippen LogP contribution in [0.15, 0.2) is 46.6 Å². The predicted octanol–water partition coefficient (Wildman–Crippen LogP) is 2.68. The molecule has 0 saturated heterocycles. The maximum Gasteiger partial charge on any atom is 0.211 e. The summed E-state index contributed by atoms with van der Waals surface area (Å²) in [7, 11) is 0. The summed E-state index contributed by atoms with van der Waals surface area (Å²) in [5, 5.41) is 13.2. The number of hydrogen-bond donors (Lipinski definition) is 5. The van der Waals surface area contributed by atoms with E-state index in [1.54, 1.807) is 6.07 Å². The molecule has 0 atom stereocenters. The maximum atomic E-state index is 13.2. The average molecular weight is 483 g/mol. The lowest BCUT2D eigenvalue weighted by atomic mass is 10.2. The molecule has 8 nitrogen and oxygen atoms in total. The van der Waals surface area contributed by atoms with Crippen molar-refractivity contribution in [3.63, 3.8) is 0 Å². The molecule has 0 aliphatic heterocycles. The van der Waals surface area contributed by atoms with Gasteiger partial charge in [-0.2, -0.15) is 5.10 Å². The van der Waals surface area contributed by atoms with Gasteiger partial charge < -0.3 is 22.9 Å². The van der Waals surface area contributed by atoms with Crippen LogP contribution in [-0.2, 0) is 0 Å². The van der Waals surface area contributed by atoms with E-state index in [1.807, 2.05) is 0 Å². The van der Waals surface area contributed by atoms with Gasteiger partial charge in [-0.1, -0.05) is 41.4 Å². The zero-order valence-corrected chi connectivity index (χ0v) is 17.7. The third-order valence-corrected chi connectivity index (χ3v) is 3.26. The number of guanidine groups is 1. The van der Waals surface area contributed by atoms with Crippen LogP contribution < -0.4 is 22.9 Å². The van der Waals surface area contributed by atoms with Gasteiger partial charge in [-0.05, 0) is 18.2 Å². The molecule has 0 radical (unpaired) electrons. The fourth-order valence-electron chi connectivity index (χ4n) is 1.39. The van der Waals surface area contributed by atoms with Gasteiger partial charge in [-0.15, -0.1) is 17.5 Å².